The van der Waals surface area contributed by atoms with E-state index in [9.17, 15) is 4.79 Å². The molecule has 0 aliphatic heterocycles. The van der Waals surface area contributed by atoms with Crippen LogP contribution in [0.4, 0.5) is 11.4 Å². The highest BCUT2D eigenvalue weighted by atomic mass is 35.5. The molecule has 0 spiro atoms. The molecule has 0 saturated carbocycles. The van der Waals surface area contributed by atoms with Gasteiger partial charge < -0.3 is 15.5 Å². The molecule has 0 radical (unpaired) electrons. The zero-order chi connectivity index (χ0) is 17.3. The highest BCUT2D eigenvalue weighted by molar-refractivity contribution is 6.42. The van der Waals surface area contributed by atoms with E-state index < -0.39 is 5.91 Å². The Kier molecular flexibility index (Phi) is 4.71. The zero-order valence-electron chi connectivity index (χ0n) is 12.1. The van der Waals surface area contributed by atoms with Gasteiger partial charge in [0.05, 0.1) is 21.4 Å². The van der Waals surface area contributed by atoms with Crippen molar-refractivity contribution in [2.45, 2.75) is 0 Å². The number of hydrogen-bond acceptors (Lipinski definition) is 3. The highest BCUT2D eigenvalue weighted by Crippen LogP contribution is 2.30. The van der Waals surface area contributed by atoms with E-state index in [0.717, 1.165) is 5.56 Å². The van der Waals surface area contributed by atoms with Crippen molar-refractivity contribution in [1.29, 1.82) is 0 Å². The predicted octanol–water partition coefficient (Wildman–Crippen LogP) is 5.74. The lowest BCUT2D eigenvalue weighted by Gasteiger charge is -2.07. The molecule has 24 heavy (non-hydrogen) atoms. The topological polar surface area (TPSA) is 68.3 Å². The normalized spacial score (nSPS) is 10.6. The molecule has 0 aliphatic carbocycles. The van der Waals surface area contributed by atoms with Crippen LogP contribution in [0.25, 0.3) is 11.3 Å². The SMILES string of the molecule is Nc1cc(Cl)ccc1NC(=O)c1ccc(-c2ccc(Cl)c(Cl)c2)o1. The maximum Gasteiger partial charge on any atom is 0.291 e. The average molecular weight is 382 g/mol. The van der Waals surface area contributed by atoms with Crippen molar-refractivity contribution in [1.82, 2.24) is 0 Å². The molecule has 1 aromatic heterocycles. The summed E-state index contributed by atoms with van der Waals surface area (Å²) >= 11 is 17.7. The summed E-state index contributed by atoms with van der Waals surface area (Å²) in [5.41, 5.74) is 7.36. The second-order valence-corrected chi connectivity index (χ2v) is 6.23. The molecule has 0 bridgehead atoms. The number of rotatable bonds is 3. The van der Waals surface area contributed by atoms with Crippen molar-refractivity contribution in [2.24, 2.45) is 0 Å². The van der Waals surface area contributed by atoms with E-state index in [1.165, 1.54) is 0 Å². The first kappa shape index (κ1) is 16.7. The Morgan fingerprint density at radius 2 is 1.75 bits per heavy atom. The van der Waals surface area contributed by atoms with Gasteiger partial charge in [-0.2, -0.15) is 0 Å². The largest absolute Gasteiger partial charge is 0.451 e. The minimum Gasteiger partial charge on any atom is -0.451 e. The quantitative estimate of drug-likeness (QED) is 0.568. The van der Waals surface area contributed by atoms with Gasteiger partial charge in [-0.05, 0) is 48.5 Å². The first-order valence-corrected chi connectivity index (χ1v) is 7.99. The summed E-state index contributed by atoms with van der Waals surface area (Å²) < 4.78 is 5.58. The van der Waals surface area contributed by atoms with E-state index >= 15 is 0 Å². The van der Waals surface area contributed by atoms with Crippen molar-refractivity contribution in [3.8, 4) is 11.3 Å². The number of carbonyl (C=O) groups excluding carboxylic acids is 1. The predicted molar refractivity (Wildman–Crippen MR) is 98.0 cm³/mol. The second-order valence-electron chi connectivity index (χ2n) is 4.98. The van der Waals surface area contributed by atoms with E-state index in [4.69, 9.17) is 45.0 Å². The van der Waals surface area contributed by atoms with Gasteiger partial charge in [-0.15, -0.1) is 0 Å². The molecular formula is C17H11Cl3N2O2. The van der Waals surface area contributed by atoms with Crippen molar-refractivity contribution in [2.75, 3.05) is 11.1 Å². The Morgan fingerprint density at radius 1 is 0.958 bits per heavy atom. The zero-order valence-corrected chi connectivity index (χ0v) is 14.4. The Bertz CT molecular complexity index is 922. The number of nitrogens with two attached hydrogens (primary N) is 1. The van der Waals surface area contributed by atoms with E-state index in [2.05, 4.69) is 5.32 Å². The van der Waals surface area contributed by atoms with Crippen LogP contribution in [0, 0.1) is 0 Å². The van der Waals surface area contributed by atoms with Crippen molar-refractivity contribution in [3.63, 3.8) is 0 Å². The third-order valence-electron chi connectivity index (χ3n) is 3.30. The molecule has 7 heteroatoms. The molecule has 0 saturated heterocycles. The number of nitrogen functional groups attached to an aromatic ring is 1. The van der Waals surface area contributed by atoms with Crippen LogP contribution in [-0.4, -0.2) is 5.91 Å². The molecule has 2 aromatic carbocycles. The van der Waals surface area contributed by atoms with Crippen molar-refractivity contribution < 1.29 is 9.21 Å². The molecule has 3 rings (SSSR count). The highest BCUT2D eigenvalue weighted by Gasteiger charge is 2.14. The molecule has 0 fully saturated rings. The van der Waals surface area contributed by atoms with Gasteiger partial charge in [0, 0.05) is 10.6 Å². The summed E-state index contributed by atoms with van der Waals surface area (Å²) in [5.74, 6) is 0.226. The number of hydrogen-bond donors (Lipinski definition) is 2. The van der Waals surface area contributed by atoms with Crippen molar-refractivity contribution in [3.05, 3.63) is 69.4 Å². The molecule has 0 atom stereocenters. The number of nitrogens with one attached hydrogen (secondary N) is 1. The van der Waals surface area contributed by atoms with Gasteiger partial charge in [0.2, 0.25) is 0 Å². The Labute approximate surface area is 153 Å². The van der Waals surface area contributed by atoms with Gasteiger partial charge in [-0.3, -0.25) is 4.79 Å². The summed E-state index contributed by atoms with van der Waals surface area (Å²) in [4.78, 5) is 12.3. The van der Waals surface area contributed by atoms with Crippen LogP contribution >= 0.6 is 34.8 Å². The van der Waals surface area contributed by atoms with Gasteiger partial charge in [-0.1, -0.05) is 34.8 Å². The van der Waals surface area contributed by atoms with E-state index in [1.54, 1.807) is 48.5 Å². The Balaban J connectivity index is 1.82. The molecule has 3 N–H and O–H groups in total. The molecule has 0 aliphatic rings. The van der Waals surface area contributed by atoms with Gasteiger partial charge >= 0.3 is 0 Å². The van der Waals surface area contributed by atoms with Crippen LogP contribution in [0.3, 0.4) is 0 Å². The first-order chi connectivity index (χ1) is 11.4. The maximum absolute atomic E-state index is 12.3. The van der Waals surface area contributed by atoms with Crippen LogP contribution < -0.4 is 11.1 Å². The molecule has 4 nitrogen and oxygen atoms in total. The number of amides is 1. The number of anilines is 2. The standard InChI is InChI=1S/C17H11Cl3N2O2/c18-10-2-4-14(13(21)8-10)22-17(23)16-6-5-15(24-16)9-1-3-11(19)12(20)7-9/h1-8H,21H2,(H,22,23). The minimum atomic E-state index is -0.421. The van der Waals surface area contributed by atoms with Crippen LogP contribution in [0.2, 0.25) is 15.1 Å². The molecule has 122 valence electrons. The summed E-state index contributed by atoms with van der Waals surface area (Å²) in [7, 11) is 0. The summed E-state index contributed by atoms with van der Waals surface area (Å²) in [6.45, 7) is 0. The van der Waals surface area contributed by atoms with Crippen LogP contribution in [0.1, 0.15) is 10.6 Å². The average Bonchev–Trinajstić information content (AvgIpc) is 3.03. The number of furan rings is 1. The van der Waals surface area contributed by atoms with E-state index in [-0.39, 0.29) is 5.76 Å². The van der Waals surface area contributed by atoms with Crippen LogP contribution in [-0.2, 0) is 0 Å². The lowest BCUT2D eigenvalue weighted by molar-refractivity contribution is 0.0997. The fourth-order valence-electron chi connectivity index (χ4n) is 2.10. The molecule has 1 heterocycles. The molecule has 0 unspecified atom stereocenters. The van der Waals surface area contributed by atoms with Gasteiger partial charge in [0.15, 0.2) is 5.76 Å². The van der Waals surface area contributed by atoms with Crippen LogP contribution in [0.15, 0.2) is 52.9 Å². The maximum atomic E-state index is 12.3. The first-order valence-electron chi connectivity index (χ1n) is 6.85. The summed E-state index contributed by atoms with van der Waals surface area (Å²) in [5, 5.41) is 4.02. The fourth-order valence-corrected chi connectivity index (χ4v) is 2.57. The Morgan fingerprint density at radius 3 is 2.46 bits per heavy atom. The van der Waals surface area contributed by atoms with Crippen molar-refractivity contribution >= 4 is 52.1 Å². The smallest absolute Gasteiger partial charge is 0.291 e. The Hall–Kier alpha value is -2.14. The van der Waals surface area contributed by atoms with Gasteiger partial charge in [-0.25, -0.2) is 0 Å². The summed E-state index contributed by atoms with van der Waals surface area (Å²) in [6, 6.07) is 13.2. The lowest BCUT2D eigenvalue weighted by atomic mass is 10.2. The minimum absolute atomic E-state index is 0.144. The summed E-state index contributed by atoms with van der Waals surface area (Å²) in [6.07, 6.45) is 0. The number of halogens is 3. The third-order valence-corrected chi connectivity index (χ3v) is 4.27. The van der Waals surface area contributed by atoms with Gasteiger partial charge in [0.25, 0.3) is 5.91 Å². The third kappa shape index (κ3) is 3.51. The number of benzene rings is 2. The number of carbonyl (C=O) groups is 1. The monoisotopic (exact) mass is 380 g/mol. The molecule has 3 aromatic rings. The fraction of sp³-hybridized carbons (Fsp3) is 0. The van der Waals surface area contributed by atoms with E-state index in [0.29, 0.717) is 32.2 Å². The lowest BCUT2D eigenvalue weighted by Crippen LogP contribution is -2.12. The second kappa shape index (κ2) is 6.77. The molecular weight excluding hydrogens is 371 g/mol. The van der Waals surface area contributed by atoms with Crippen LogP contribution in [0.5, 0.6) is 0 Å². The van der Waals surface area contributed by atoms with Gasteiger partial charge in [0.1, 0.15) is 5.76 Å². The molecule has 1 amide bonds. The van der Waals surface area contributed by atoms with E-state index in [1.807, 2.05) is 0 Å².